The van der Waals surface area contributed by atoms with Gasteiger partial charge in [0.15, 0.2) is 13.2 Å². The molecule has 3 rings (SSSR count). The maximum atomic E-state index is 12.6. The Morgan fingerprint density at radius 3 is 2.55 bits per heavy atom. The first-order valence-electron chi connectivity index (χ1n) is 10.2. The van der Waals surface area contributed by atoms with Gasteiger partial charge in [-0.05, 0) is 48.4 Å². The second kappa shape index (κ2) is 9.20. The van der Waals surface area contributed by atoms with Gasteiger partial charge in [0, 0.05) is 13.6 Å². The van der Waals surface area contributed by atoms with E-state index < -0.39 is 29.6 Å². The lowest BCUT2D eigenvalue weighted by molar-refractivity contribution is -0.144. The van der Waals surface area contributed by atoms with Crippen LogP contribution in [-0.2, 0) is 36.0 Å². The van der Waals surface area contributed by atoms with Crippen LogP contribution < -0.4 is 21.7 Å². The number of benzene rings is 1. The normalized spacial score (nSPS) is 12.6. The lowest BCUT2D eigenvalue weighted by Crippen LogP contribution is -2.43. The van der Waals surface area contributed by atoms with Crippen molar-refractivity contribution in [3.63, 3.8) is 0 Å². The topological polar surface area (TPSA) is 123 Å². The minimum atomic E-state index is -0.821. The first kappa shape index (κ1) is 22.3. The number of fused-ring (bicyclic) bond motifs is 1. The van der Waals surface area contributed by atoms with E-state index in [0.717, 1.165) is 23.8 Å². The number of aromatic nitrogens is 2. The number of ether oxygens (including phenoxy) is 2. The SMILES string of the molecule is CC(C)Cn1c(N)c(C(=O)COC(=O)COc2ccc3c(c2)CCC3)c(=O)n(C)c1=O. The summed E-state index contributed by atoms with van der Waals surface area (Å²) in [7, 11) is 1.27. The standard InChI is InChI=1S/C22H27N3O6/c1-13(2)10-25-20(23)19(21(28)24(3)22(25)29)17(26)11-31-18(27)12-30-16-8-7-14-5-4-6-15(14)9-16/h7-9,13H,4-6,10-12,23H2,1-3H3. The zero-order chi connectivity index (χ0) is 22.7. The van der Waals surface area contributed by atoms with Gasteiger partial charge in [0.1, 0.15) is 17.1 Å². The minimum Gasteiger partial charge on any atom is -0.482 e. The van der Waals surface area contributed by atoms with E-state index in [9.17, 15) is 19.2 Å². The molecule has 1 aromatic carbocycles. The maximum absolute atomic E-state index is 12.6. The quantitative estimate of drug-likeness (QED) is 0.492. The summed E-state index contributed by atoms with van der Waals surface area (Å²) in [5, 5.41) is 0. The minimum absolute atomic E-state index is 0.0645. The van der Waals surface area contributed by atoms with Crippen molar-refractivity contribution in [2.75, 3.05) is 18.9 Å². The molecule has 1 aliphatic carbocycles. The van der Waals surface area contributed by atoms with E-state index in [1.54, 1.807) is 6.07 Å². The molecule has 1 aliphatic rings. The first-order chi connectivity index (χ1) is 14.7. The highest BCUT2D eigenvalue weighted by molar-refractivity contribution is 6.01. The summed E-state index contributed by atoms with van der Waals surface area (Å²) in [4.78, 5) is 49.3. The molecule has 31 heavy (non-hydrogen) atoms. The number of anilines is 1. The summed E-state index contributed by atoms with van der Waals surface area (Å²) < 4.78 is 12.4. The summed E-state index contributed by atoms with van der Waals surface area (Å²) in [6, 6.07) is 5.69. The van der Waals surface area contributed by atoms with Crippen LogP contribution in [0.15, 0.2) is 27.8 Å². The molecule has 0 amide bonds. The van der Waals surface area contributed by atoms with E-state index in [2.05, 4.69) is 0 Å². The molecule has 1 heterocycles. The Labute approximate surface area is 179 Å². The summed E-state index contributed by atoms with van der Waals surface area (Å²) in [5.74, 6) is -1.13. The maximum Gasteiger partial charge on any atom is 0.344 e. The molecule has 0 spiro atoms. The molecule has 0 saturated carbocycles. The van der Waals surface area contributed by atoms with Crippen molar-refractivity contribution >= 4 is 17.6 Å². The van der Waals surface area contributed by atoms with Crippen molar-refractivity contribution in [3.05, 3.63) is 55.7 Å². The molecule has 2 N–H and O–H groups in total. The Bertz CT molecular complexity index is 1130. The highest BCUT2D eigenvalue weighted by atomic mass is 16.6. The Kier molecular flexibility index (Phi) is 6.62. The molecule has 0 unspecified atom stereocenters. The van der Waals surface area contributed by atoms with Gasteiger partial charge in [0.25, 0.3) is 5.56 Å². The van der Waals surface area contributed by atoms with E-state index in [0.29, 0.717) is 5.75 Å². The predicted octanol–water partition coefficient (Wildman–Crippen LogP) is 1.08. The van der Waals surface area contributed by atoms with Crippen LogP contribution in [0.5, 0.6) is 5.75 Å². The fourth-order valence-electron chi connectivity index (χ4n) is 3.63. The van der Waals surface area contributed by atoms with Gasteiger partial charge in [-0.15, -0.1) is 0 Å². The molecule has 166 valence electrons. The number of rotatable bonds is 8. The van der Waals surface area contributed by atoms with E-state index in [4.69, 9.17) is 15.2 Å². The second-order valence-corrected chi connectivity index (χ2v) is 8.07. The summed E-state index contributed by atoms with van der Waals surface area (Å²) in [5.41, 5.74) is 6.66. The van der Waals surface area contributed by atoms with Crippen molar-refractivity contribution in [2.45, 2.75) is 39.7 Å². The van der Waals surface area contributed by atoms with Crippen LogP contribution >= 0.6 is 0 Å². The number of hydrogen-bond acceptors (Lipinski definition) is 7. The number of carbonyl (C=O) groups excluding carboxylic acids is 2. The Balaban J connectivity index is 1.65. The average molecular weight is 429 g/mol. The van der Waals surface area contributed by atoms with Crippen molar-refractivity contribution < 1.29 is 19.1 Å². The van der Waals surface area contributed by atoms with Crippen LogP contribution in [0.1, 0.15) is 41.8 Å². The predicted molar refractivity (Wildman–Crippen MR) is 114 cm³/mol. The van der Waals surface area contributed by atoms with Gasteiger partial charge in [-0.25, -0.2) is 9.59 Å². The zero-order valence-electron chi connectivity index (χ0n) is 18.0. The summed E-state index contributed by atoms with van der Waals surface area (Å²) in [6.07, 6.45) is 3.14. The zero-order valence-corrected chi connectivity index (χ0v) is 18.0. The molecule has 0 aliphatic heterocycles. The number of nitrogens with two attached hydrogens (primary N) is 1. The molecule has 0 bridgehead atoms. The number of nitrogen functional groups attached to an aromatic ring is 1. The van der Waals surface area contributed by atoms with E-state index in [1.807, 2.05) is 26.0 Å². The number of nitrogens with zero attached hydrogens (tertiary/aromatic N) is 2. The Morgan fingerprint density at radius 2 is 1.84 bits per heavy atom. The molecule has 1 aromatic heterocycles. The van der Waals surface area contributed by atoms with Crippen molar-refractivity contribution in [2.24, 2.45) is 13.0 Å². The number of ketones is 1. The van der Waals surface area contributed by atoms with Crippen molar-refractivity contribution in [1.82, 2.24) is 9.13 Å². The highest BCUT2D eigenvalue weighted by Gasteiger charge is 2.23. The van der Waals surface area contributed by atoms with E-state index >= 15 is 0 Å². The third-order valence-corrected chi connectivity index (χ3v) is 5.20. The van der Waals surface area contributed by atoms with Gasteiger partial charge in [0.05, 0.1) is 0 Å². The van der Waals surface area contributed by atoms with Crippen LogP contribution in [0, 0.1) is 5.92 Å². The molecule has 0 saturated heterocycles. The molecule has 2 aromatic rings. The molecule has 0 atom stereocenters. The third kappa shape index (κ3) is 4.87. The number of aryl methyl sites for hydroxylation is 2. The Hall–Kier alpha value is -3.36. The van der Waals surface area contributed by atoms with Crippen molar-refractivity contribution in [1.29, 1.82) is 0 Å². The lowest BCUT2D eigenvalue weighted by atomic mass is 10.1. The van der Waals surface area contributed by atoms with Gasteiger partial charge < -0.3 is 15.2 Å². The monoisotopic (exact) mass is 429 g/mol. The Morgan fingerprint density at radius 1 is 1.13 bits per heavy atom. The van der Waals surface area contributed by atoms with Crippen LogP contribution in [0.25, 0.3) is 0 Å². The second-order valence-electron chi connectivity index (χ2n) is 8.07. The summed E-state index contributed by atoms with van der Waals surface area (Å²) in [6.45, 7) is 2.95. The lowest BCUT2D eigenvalue weighted by Gasteiger charge is -2.16. The largest absolute Gasteiger partial charge is 0.482 e. The smallest absolute Gasteiger partial charge is 0.344 e. The number of Topliss-reactive ketones (excluding diaryl/α,β-unsaturated/α-hetero) is 1. The fourth-order valence-corrected chi connectivity index (χ4v) is 3.63. The first-order valence-corrected chi connectivity index (χ1v) is 10.2. The highest BCUT2D eigenvalue weighted by Crippen LogP contribution is 2.26. The van der Waals surface area contributed by atoms with Gasteiger partial charge in [-0.1, -0.05) is 19.9 Å². The number of esters is 1. The molecule has 0 fully saturated rings. The van der Waals surface area contributed by atoms with E-state index in [-0.39, 0.29) is 30.5 Å². The van der Waals surface area contributed by atoms with Crippen molar-refractivity contribution in [3.8, 4) is 5.75 Å². The van der Waals surface area contributed by atoms with Gasteiger partial charge in [-0.3, -0.25) is 18.7 Å². The number of hydrogen-bond donors (Lipinski definition) is 1. The van der Waals surface area contributed by atoms with E-state index in [1.165, 1.54) is 22.7 Å². The molecule has 9 heteroatoms. The molecular weight excluding hydrogens is 402 g/mol. The van der Waals surface area contributed by atoms with Gasteiger partial charge in [0.2, 0.25) is 5.78 Å². The molecular formula is C22H27N3O6. The summed E-state index contributed by atoms with van der Waals surface area (Å²) >= 11 is 0. The number of carbonyl (C=O) groups is 2. The fraction of sp³-hybridized carbons (Fsp3) is 0.455. The van der Waals surface area contributed by atoms with Crippen LogP contribution in [0.4, 0.5) is 5.82 Å². The van der Waals surface area contributed by atoms with Gasteiger partial charge >= 0.3 is 11.7 Å². The molecule has 0 radical (unpaired) electrons. The van der Waals surface area contributed by atoms with Crippen LogP contribution in [-0.4, -0.2) is 34.1 Å². The van der Waals surface area contributed by atoms with Crippen LogP contribution in [0.3, 0.4) is 0 Å². The van der Waals surface area contributed by atoms with Gasteiger partial charge in [-0.2, -0.15) is 0 Å². The average Bonchev–Trinajstić information content (AvgIpc) is 3.20. The van der Waals surface area contributed by atoms with Crippen LogP contribution in [0.2, 0.25) is 0 Å². The molecule has 9 nitrogen and oxygen atoms in total. The third-order valence-electron chi connectivity index (χ3n) is 5.20.